The van der Waals surface area contributed by atoms with Crippen molar-refractivity contribution in [2.24, 2.45) is 5.92 Å². The lowest BCUT2D eigenvalue weighted by atomic mass is 9.89. The van der Waals surface area contributed by atoms with E-state index in [9.17, 15) is 0 Å². The van der Waals surface area contributed by atoms with E-state index in [0.29, 0.717) is 18.1 Å². The lowest BCUT2D eigenvalue weighted by Gasteiger charge is -2.41. The van der Waals surface area contributed by atoms with Crippen LogP contribution in [-0.4, -0.2) is 53.7 Å². The first-order valence-electron chi connectivity index (χ1n) is 8.75. The van der Waals surface area contributed by atoms with Crippen LogP contribution in [0.5, 0.6) is 0 Å². The molecule has 0 aromatic carbocycles. The van der Waals surface area contributed by atoms with Gasteiger partial charge < -0.3 is 9.15 Å². The fourth-order valence-electron chi connectivity index (χ4n) is 4.26. The second kappa shape index (κ2) is 7.05. The summed E-state index contributed by atoms with van der Waals surface area (Å²) >= 11 is 0. The Hall–Kier alpha value is -1.69. The smallest absolute Gasteiger partial charge is 0.117 e. The fraction of sp³-hybridized carbons (Fsp3) is 0.526. The zero-order valence-electron chi connectivity index (χ0n) is 14.2. The minimum absolute atomic E-state index is 0.358. The summed E-state index contributed by atoms with van der Waals surface area (Å²) in [5.41, 5.74) is 1.15. The third kappa shape index (κ3) is 3.24. The van der Waals surface area contributed by atoms with Crippen molar-refractivity contribution in [1.29, 1.82) is 0 Å². The van der Waals surface area contributed by atoms with Crippen molar-refractivity contribution in [1.82, 2.24) is 14.8 Å². The molecule has 2 fully saturated rings. The molecule has 0 amide bonds. The Bertz CT molecular complexity index is 631. The van der Waals surface area contributed by atoms with E-state index >= 15 is 0 Å². The molecule has 5 nitrogen and oxygen atoms in total. The molecule has 0 saturated carbocycles. The van der Waals surface area contributed by atoms with E-state index in [-0.39, 0.29) is 0 Å². The van der Waals surface area contributed by atoms with Gasteiger partial charge in [0.15, 0.2) is 0 Å². The van der Waals surface area contributed by atoms with Crippen LogP contribution in [0.25, 0.3) is 0 Å². The van der Waals surface area contributed by atoms with E-state index < -0.39 is 0 Å². The zero-order valence-corrected chi connectivity index (χ0v) is 14.2. The van der Waals surface area contributed by atoms with Gasteiger partial charge in [0.05, 0.1) is 24.6 Å². The van der Waals surface area contributed by atoms with Gasteiger partial charge in [-0.3, -0.25) is 14.8 Å². The highest BCUT2D eigenvalue weighted by Gasteiger charge is 2.44. The molecule has 2 aliphatic rings. The summed E-state index contributed by atoms with van der Waals surface area (Å²) in [7, 11) is 1.85. The van der Waals surface area contributed by atoms with Crippen LogP contribution in [-0.2, 0) is 17.8 Å². The number of nitrogens with zero attached hydrogens (tertiary/aromatic N) is 3. The fourth-order valence-corrected chi connectivity index (χ4v) is 4.26. The Balaban J connectivity index is 1.47. The van der Waals surface area contributed by atoms with Gasteiger partial charge in [-0.15, -0.1) is 0 Å². The molecule has 5 heteroatoms. The quantitative estimate of drug-likeness (QED) is 0.843. The number of aromatic nitrogens is 1. The van der Waals surface area contributed by atoms with Crippen LogP contribution in [0.4, 0.5) is 0 Å². The van der Waals surface area contributed by atoms with Gasteiger partial charge >= 0.3 is 0 Å². The first-order chi connectivity index (χ1) is 11.8. The van der Waals surface area contributed by atoms with Crippen LogP contribution >= 0.6 is 0 Å². The number of ether oxygens (including phenoxy) is 1. The molecule has 0 spiro atoms. The van der Waals surface area contributed by atoms with Gasteiger partial charge in [0.1, 0.15) is 5.76 Å². The Morgan fingerprint density at radius 3 is 2.92 bits per heavy atom. The molecule has 4 rings (SSSR count). The second-order valence-electron chi connectivity index (χ2n) is 6.86. The average molecular weight is 327 g/mol. The predicted octanol–water partition coefficient (Wildman–Crippen LogP) is 2.40. The number of fused-ring (bicyclic) bond motifs is 1. The molecule has 128 valence electrons. The van der Waals surface area contributed by atoms with E-state index in [0.717, 1.165) is 50.6 Å². The molecule has 0 bridgehead atoms. The maximum atomic E-state index is 5.79. The normalized spacial score (nSPS) is 28.1. The number of furan rings is 1. The molecule has 3 atom stereocenters. The number of rotatable bonds is 5. The van der Waals surface area contributed by atoms with Crippen molar-refractivity contribution in [3.05, 3.63) is 54.2 Å². The van der Waals surface area contributed by atoms with Gasteiger partial charge in [-0.05, 0) is 30.7 Å². The molecule has 0 aliphatic carbocycles. The summed E-state index contributed by atoms with van der Waals surface area (Å²) in [6.07, 6.45) is 5.09. The lowest BCUT2D eigenvalue weighted by molar-refractivity contribution is -0.0248. The number of methoxy groups -OCH3 is 1. The molecule has 2 aliphatic heterocycles. The molecule has 2 aromatic heterocycles. The third-order valence-corrected chi connectivity index (χ3v) is 5.41. The van der Waals surface area contributed by atoms with Crippen LogP contribution in [0.2, 0.25) is 0 Å². The molecule has 0 radical (unpaired) electrons. The minimum Gasteiger partial charge on any atom is -0.468 e. The topological polar surface area (TPSA) is 41.7 Å². The highest BCUT2D eigenvalue weighted by molar-refractivity contribution is 5.07. The van der Waals surface area contributed by atoms with Crippen molar-refractivity contribution in [3.63, 3.8) is 0 Å². The van der Waals surface area contributed by atoms with Crippen LogP contribution in [0, 0.1) is 5.92 Å². The van der Waals surface area contributed by atoms with Crippen LogP contribution in [0.1, 0.15) is 17.9 Å². The maximum absolute atomic E-state index is 5.79. The lowest BCUT2D eigenvalue weighted by Crippen LogP contribution is -2.50. The Morgan fingerprint density at radius 1 is 1.21 bits per heavy atom. The molecule has 2 aromatic rings. The third-order valence-electron chi connectivity index (χ3n) is 5.41. The molecular formula is C19H25N3O2. The molecule has 2 saturated heterocycles. The van der Waals surface area contributed by atoms with Gasteiger partial charge in [0.2, 0.25) is 0 Å². The summed E-state index contributed by atoms with van der Waals surface area (Å²) < 4.78 is 11.3. The molecule has 0 N–H and O–H groups in total. The Morgan fingerprint density at radius 2 is 2.17 bits per heavy atom. The number of hydrogen-bond donors (Lipinski definition) is 0. The molecule has 4 heterocycles. The van der Waals surface area contributed by atoms with Gasteiger partial charge in [-0.1, -0.05) is 6.07 Å². The van der Waals surface area contributed by atoms with Crippen molar-refractivity contribution in [2.75, 3.05) is 26.7 Å². The predicted molar refractivity (Wildman–Crippen MR) is 91.3 cm³/mol. The summed E-state index contributed by atoms with van der Waals surface area (Å²) in [4.78, 5) is 9.59. The molecular weight excluding hydrogens is 302 g/mol. The SMILES string of the molecule is CO[C@H]1CCN(Cc2ccccn2)[C@@H]2CN(Cc3ccco3)C[C@H]12. The Kier molecular flexibility index (Phi) is 4.65. The van der Waals surface area contributed by atoms with Gasteiger partial charge in [-0.2, -0.15) is 0 Å². The number of piperidine rings is 1. The first-order valence-corrected chi connectivity index (χ1v) is 8.75. The van der Waals surface area contributed by atoms with Crippen molar-refractivity contribution < 1.29 is 9.15 Å². The highest BCUT2D eigenvalue weighted by Crippen LogP contribution is 2.33. The minimum atomic E-state index is 0.358. The highest BCUT2D eigenvalue weighted by atomic mass is 16.5. The van der Waals surface area contributed by atoms with E-state index in [1.807, 2.05) is 25.4 Å². The zero-order chi connectivity index (χ0) is 16.4. The van der Waals surface area contributed by atoms with Gasteiger partial charge in [0, 0.05) is 51.4 Å². The number of hydrogen-bond acceptors (Lipinski definition) is 5. The van der Waals surface area contributed by atoms with Crippen LogP contribution in [0.15, 0.2) is 47.2 Å². The standard InChI is InChI=1S/C19H25N3O2/c1-23-19-7-9-22(11-15-5-2-3-8-20-15)18-14-21(13-17(18)19)12-16-6-4-10-24-16/h2-6,8,10,17-19H,7,9,11-14H2,1H3/t17-,18+,19-/m0/s1. The van der Waals surface area contributed by atoms with E-state index in [1.54, 1.807) is 6.26 Å². The molecule has 0 unspecified atom stereocenters. The van der Waals surface area contributed by atoms with Crippen LogP contribution < -0.4 is 0 Å². The van der Waals surface area contributed by atoms with Crippen LogP contribution in [0.3, 0.4) is 0 Å². The van der Waals surface area contributed by atoms with E-state index in [1.165, 1.54) is 0 Å². The average Bonchev–Trinajstić information content (AvgIpc) is 3.26. The van der Waals surface area contributed by atoms with E-state index in [2.05, 4.69) is 33.0 Å². The second-order valence-corrected chi connectivity index (χ2v) is 6.86. The van der Waals surface area contributed by atoms with Crippen molar-refractivity contribution in [2.45, 2.75) is 31.7 Å². The van der Waals surface area contributed by atoms with Crippen molar-refractivity contribution >= 4 is 0 Å². The van der Waals surface area contributed by atoms with E-state index in [4.69, 9.17) is 9.15 Å². The summed E-state index contributed by atoms with van der Waals surface area (Å²) in [5, 5.41) is 0. The number of pyridine rings is 1. The maximum Gasteiger partial charge on any atom is 0.117 e. The first kappa shape index (κ1) is 15.8. The summed E-state index contributed by atoms with van der Waals surface area (Å²) in [6, 6.07) is 10.7. The Labute approximate surface area is 143 Å². The summed E-state index contributed by atoms with van der Waals surface area (Å²) in [6.45, 7) is 5.02. The van der Waals surface area contributed by atoms with Crippen molar-refractivity contribution in [3.8, 4) is 0 Å². The largest absolute Gasteiger partial charge is 0.468 e. The van der Waals surface area contributed by atoms with Gasteiger partial charge in [-0.25, -0.2) is 0 Å². The monoisotopic (exact) mass is 327 g/mol. The van der Waals surface area contributed by atoms with Gasteiger partial charge in [0.25, 0.3) is 0 Å². The summed E-state index contributed by atoms with van der Waals surface area (Å²) in [5.74, 6) is 1.60. The molecule has 24 heavy (non-hydrogen) atoms. The number of likely N-dealkylation sites (tertiary alicyclic amines) is 2.